The van der Waals surface area contributed by atoms with Crippen LogP contribution in [0.4, 0.5) is 0 Å². The van der Waals surface area contributed by atoms with Crippen LogP contribution in [0.5, 0.6) is 0 Å². The van der Waals surface area contributed by atoms with E-state index in [1.54, 1.807) is 0 Å². The van der Waals surface area contributed by atoms with Gasteiger partial charge in [-0.1, -0.05) is 0 Å². The summed E-state index contributed by atoms with van der Waals surface area (Å²) < 4.78 is 0.896. The standard InChI is InChI=1S/C22H15.3ClH.Sn/c1-3-9-17(10-4-1)19-15-16-20(18-11-5-2-6-12-18)22-14-8-7-13-21(19)22;;;;/h1-15H;3*1H;/q;;;;+3/p-3. The zero-order valence-electron chi connectivity index (χ0n) is 13.8. The average Bonchev–Trinajstić information content (AvgIpc) is 2.67. The molecule has 0 radical (unpaired) electrons. The van der Waals surface area contributed by atoms with Crippen molar-refractivity contribution < 1.29 is 0 Å². The molecule has 4 rings (SSSR count). The molecule has 0 unspecified atom stereocenters. The molecule has 0 nitrogen and oxygen atoms in total. The number of hydrogen-bond donors (Lipinski definition) is 0. The third-order valence-corrected chi connectivity index (χ3v) is 11.5. The topological polar surface area (TPSA) is 0 Å². The van der Waals surface area contributed by atoms with Crippen molar-refractivity contribution in [2.24, 2.45) is 0 Å². The summed E-state index contributed by atoms with van der Waals surface area (Å²) in [5.74, 6) is 0. The first-order valence-electron chi connectivity index (χ1n) is 8.29. The van der Waals surface area contributed by atoms with Crippen molar-refractivity contribution in [3.63, 3.8) is 0 Å². The normalized spacial score (nSPS) is 11.7. The summed E-state index contributed by atoms with van der Waals surface area (Å²) >= 11 is -3.94. The van der Waals surface area contributed by atoms with Crippen molar-refractivity contribution in [1.82, 2.24) is 0 Å². The molecule has 0 aliphatic rings. The monoisotopic (exact) mass is 504 g/mol. The van der Waals surface area contributed by atoms with E-state index in [9.17, 15) is 0 Å². The van der Waals surface area contributed by atoms with Gasteiger partial charge in [-0.2, -0.15) is 0 Å². The van der Waals surface area contributed by atoms with Gasteiger partial charge in [0.15, 0.2) is 0 Å². The summed E-state index contributed by atoms with van der Waals surface area (Å²) in [6.07, 6.45) is 0. The van der Waals surface area contributed by atoms with Gasteiger partial charge < -0.3 is 0 Å². The first kappa shape index (κ1) is 18.2. The minimum absolute atomic E-state index is 0.896. The van der Waals surface area contributed by atoms with E-state index in [1.165, 1.54) is 5.39 Å². The summed E-state index contributed by atoms with van der Waals surface area (Å²) in [6.45, 7) is 0. The van der Waals surface area contributed by atoms with E-state index in [4.69, 9.17) is 26.8 Å². The third kappa shape index (κ3) is 3.48. The van der Waals surface area contributed by atoms with E-state index in [2.05, 4.69) is 48.5 Å². The number of halogens is 3. The van der Waals surface area contributed by atoms with Crippen LogP contribution in [0.2, 0.25) is 0 Å². The van der Waals surface area contributed by atoms with Gasteiger partial charge in [-0.3, -0.25) is 0 Å². The molecule has 4 heteroatoms. The van der Waals surface area contributed by atoms with Crippen LogP contribution in [0.3, 0.4) is 0 Å². The molecule has 0 aromatic heterocycles. The molecule has 0 aliphatic carbocycles. The summed E-state index contributed by atoms with van der Waals surface area (Å²) in [7, 11) is 19.8. The SMILES string of the molecule is [Cl][Sn]([Cl])([Cl])[c]1cc(-c2ccccc2)c2ccccc2c1-c1ccccc1. The Balaban J connectivity index is 2.15. The number of rotatable bonds is 3. The minimum atomic E-state index is -3.94. The van der Waals surface area contributed by atoms with Gasteiger partial charge in [0, 0.05) is 0 Å². The molecule has 0 amide bonds. The van der Waals surface area contributed by atoms with Crippen LogP contribution < -0.4 is 3.58 Å². The van der Waals surface area contributed by atoms with Crippen molar-refractivity contribution in [2.45, 2.75) is 0 Å². The van der Waals surface area contributed by atoms with Crippen LogP contribution in [0, 0.1) is 0 Å². The number of fused-ring (bicyclic) bond motifs is 1. The van der Waals surface area contributed by atoms with Crippen LogP contribution in [0.25, 0.3) is 33.0 Å². The van der Waals surface area contributed by atoms with E-state index in [-0.39, 0.29) is 0 Å². The number of benzene rings is 4. The van der Waals surface area contributed by atoms with Gasteiger partial charge in [-0.15, -0.1) is 0 Å². The van der Waals surface area contributed by atoms with Gasteiger partial charge in [-0.25, -0.2) is 0 Å². The quantitative estimate of drug-likeness (QED) is 0.263. The molecular weight excluding hydrogens is 489 g/mol. The zero-order chi connectivity index (χ0) is 18.1. The predicted octanol–water partition coefficient (Wildman–Crippen LogP) is 7.04. The maximum absolute atomic E-state index is 6.61. The fourth-order valence-corrected chi connectivity index (χ4v) is 8.86. The molecule has 128 valence electrons. The Morgan fingerprint density at radius 1 is 0.538 bits per heavy atom. The van der Waals surface area contributed by atoms with E-state index >= 15 is 0 Å². The fraction of sp³-hybridized carbons (Fsp3) is 0. The Bertz CT molecular complexity index is 1060. The third-order valence-electron chi connectivity index (χ3n) is 4.50. The van der Waals surface area contributed by atoms with Crippen molar-refractivity contribution in [2.75, 3.05) is 0 Å². The van der Waals surface area contributed by atoms with E-state index < -0.39 is 15.0 Å². The van der Waals surface area contributed by atoms with Gasteiger partial charge in [0.05, 0.1) is 0 Å². The van der Waals surface area contributed by atoms with Crippen molar-refractivity contribution in [1.29, 1.82) is 0 Å². The molecule has 0 N–H and O–H groups in total. The molecule has 0 aliphatic heterocycles. The molecule has 0 saturated heterocycles. The molecule has 0 heterocycles. The Labute approximate surface area is 168 Å². The van der Waals surface area contributed by atoms with Gasteiger partial charge in [0.2, 0.25) is 0 Å². The molecule has 0 atom stereocenters. The van der Waals surface area contributed by atoms with E-state index in [1.807, 2.05) is 42.5 Å². The Morgan fingerprint density at radius 3 is 1.62 bits per heavy atom. The van der Waals surface area contributed by atoms with Gasteiger partial charge in [0.1, 0.15) is 0 Å². The average molecular weight is 504 g/mol. The van der Waals surface area contributed by atoms with E-state index in [0.29, 0.717) is 0 Å². The second kappa shape index (κ2) is 7.44. The van der Waals surface area contributed by atoms with Crippen molar-refractivity contribution in [3.05, 3.63) is 91.0 Å². The van der Waals surface area contributed by atoms with Crippen LogP contribution in [-0.4, -0.2) is 15.0 Å². The molecule has 26 heavy (non-hydrogen) atoms. The Kier molecular flexibility index (Phi) is 5.20. The predicted molar refractivity (Wildman–Crippen MR) is 118 cm³/mol. The van der Waals surface area contributed by atoms with Gasteiger partial charge in [-0.05, 0) is 0 Å². The maximum atomic E-state index is 6.61. The molecule has 4 aromatic rings. The van der Waals surface area contributed by atoms with Crippen molar-refractivity contribution >= 4 is 56.1 Å². The van der Waals surface area contributed by atoms with E-state index in [0.717, 1.165) is 31.2 Å². The Hall–Kier alpha value is -1.19. The second-order valence-electron chi connectivity index (χ2n) is 6.12. The first-order chi connectivity index (χ1) is 12.6. The molecule has 4 aromatic carbocycles. The summed E-state index contributed by atoms with van der Waals surface area (Å²) in [4.78, 5) is 0. The summed E-state index contributed by atoms with van der Waals surface area (Å²) in [6, 6.07) is 30.9. The molecular formula is C22H15Cl3Sn. The first-order valence-corrected chi connectivity index (χ1v) is 20.6. The Morgan fingerprint density at radius 2 is 1.04 bits per heavy atom. The fourth-order valence-electron chi connectivity index (χ4n) is 3.37. The van der Waals surface area contributed by atoms with Crippen LogP contribution in [0.1, 0.15) is 0 Å². The van der Waals surface area contributed by atoms with Crippen LogP contribution in [0.15, 0.2) is 91.0 Å². The number of hydrogen-bond acceptors (Lipinski definition) is 0. The summed E-state index contributed by atoms with van der Waals surface area (Å²) in [5, 5.41) is 2.29. The second-order valence-corrected chi connectivity index (χ2v) is 25.8. The van der Waals surface area contributed by atoms with Gasteiger partial charge >= 0.3 is 169 Å². The molecule has 0 spiro atoms. The summed E-state index contributed by atoms with van der Waals surface area (Å²) in [5.41, 5.74) is 4.38. The van der Waals surface area contributed by atoms with Crippen LogP contribution >= 0.6 is 26.8 Å². The van der Waals surface area contributed by atoms with Crippen molar-refractivity contribution in [3.8, 4) is 22.3 Å². The van der Waals surface area contributed by atoms with Gasteiger partial charge in [0.25, 0.3) is 0 Å². The molecule has 0 fully saturated rings. The van der Waals surface area contributed by atoms with Crippen LogP contribution in [-0.2, 0) is 0 Å². The molecule has 0 saturated carbocycles. The molecule has 0 bridgehead atoms. The zero-order valence-corrected chi connectivity index (χ0v) is 18.9.